The average Bonchev–Trinajstić information content (AvgIpc) is 2.93. The fraction of sp³-hybridized carbons (Fsp3) is 0.188. The van der Waals surface area contributed by atoms with Crippen molar-refractivity contribution in [2.45, 2.75) is 18.8 Å². The van der Waals surface area contributed by atoms with Gasteiger partial charge in [-0.1, -0.05) is 12.1 Å². The van der Waals surface area contributed by atoms with Gasteiger partial charge in [-0.2, -0.15) is 5.26 Å². The number of nitriles is 1. The standard InChI is InChI=1S/C16H13ClN4/c1-11(13-5-3-7-19-10-13)21-14-6-2-4-12(9-18)16(14)20-15(21)8-17/h2-7,10-11H,8H2,1H3. The third-order valence-corrected chi connectivity index (χ3v) is 3.83. The van der Waals surface area contributed by atoms with E-state index in [2.05, 4.69) is 27.5 Å². The van der Waals surface area contributed by atoms with Crippen LogP contribution < -0.4 is 0 Å². The summed E-state index contributed by atoms with van der Waals surface area (Å²) in [6, 6.07) is 11.8. The second kappa shape index (κ2) is 5.55. The largest absolute Gasteiger partial charge is 0.320 e. The topological polar surface area (TPSA) is 54.5 Å². The number of fused-ring (bicyclic) bond motifs is 1. The number of hydrogen-bond donors (Lipinski definition) is 0. The van der Waals surface area contributed by atoms with E-state index in [0.29, 0.717) is 17.0 Å². The molecule has 3 rings (SSSR count). The van der Waals surface area contributed by atoms with E-state index in [1.165, 1.54) is 0 Å². The van der Waals surface area contributed by atoms with Gasteiger partial charge in [0, 0.05) is 12.4 Å². The lowest BCUT2D eigenvalue weighted by molar-refractivity contribution is 0.631. The highest BCUT2D eigenvalue weighted by Gasteiger charge is 2.18. The second-order valence-corrected chi connectivity index (χ2v) is 5.05. The van der Waals surface area contributed by atoms with Crippen molar-refractivity contribution in [2.24, 2.45) is 0 Å². The summed E-state index contributed by atoms with van der Waals surface area (Å²) in [4.78, 5) is 8.70. The molecule has 1 unspecified atom stereocenters. The number of benzene rings is 1. The Labute approximate surface area is 127 Å². The summed E-state index contributed by atoms with van der Waals surface area (Å²) in [5, 5.41) is 9.22. The Kier molecular flexibility index (Phi) is 3.59. The maximum atomic E-state index is 9.22. The molecule has 0 bridgehead atoms. The monoisotopic (exact) mass is 296 g/mol. The highest BCUT2D eigenvalue weighted by atomic mass is 35.5. The van der Waals surface area contributed by atoms with E-state index in [9.17, 15) is 5.26 Å². The number of rotatable bonds is 3. The quantitative estimate of drug-likeness (QED) is 0.693. The van der Waals surface area contributed by atoms with Crippen LogP contribution in [0, 0.1) is 11.3 Å². The number of aromatic nitrogens is 3. The van der Waals surface area contributed by atoms with Crippen LogP contribution in [0.2, 0.25) is 0 Å². The molecule has 3 aromatic rings. The molecule has 0 amide bonds. The molecule has 1 atom stereocenters. The first-order valence-electron chi connectivity index (χ1n) is 6.62. The fourth-order valence-electron chi connectivity index (χ4n) is 2.55. The normalized spacial score (nSPS) is 12.2. The first-order valence-corrected chi connectivity index (χ1v) is 7.15. The number of pyridine rings is 1. The Bertz CT molecular complexity index is 817. The number of alkyl halides is 1. The molecule has 1 aromatic carbocycles. The summed E-state index contributed by atoms with van der Waals surface area (Å²) in [5.74, 6) is 1.05. The van der Waals surface area contributed by atoms with Crippen LogP contribution in [0.1, 0.15) is 29.9 Å². The predicted octanol–water partition coefficient (Wildman–Crippen LogP) is 3.65. The van der Waals surface area contributed by atoms with Crippen molar-refractivity contribution >= 4 is 22.6 Å². The molecular formula is C16H13ClN4. The van der Waals surface area contributed by atoms with Crippen LogP contribution >= 0.6 is 11.6 Å². The van der Waals surface area contributed by atoms with Gasteiger partial charge in [-0.3, -0.25) is 4.98 Å². The molecule has 5 heteroatoms. The van der Waals surface area contributed by atoms with Gasteiger partial charge in [0.05, 0.1) is 23.0 Å². The lowest BCUT2D eigenvalue weighted by Gasteiger charge is -2.17. The molecule has 2 aromatic heterocycles. The van der Waals surface area contributed by atoms with E-state index in [0.717, 1.165) is 16.9 Å². The second-order valence-electron chi connectivity index (χ2n) is 4.78. The maximum absolute atomic E-state index is 9.22. The minimum atomic E-state index is 0.0476. The van der Waals surface area contributed by atoms with Crippen molar-refractivity contribution in [1.82, 2.24) is 14.5 Å². The molecule has 21 heavy (non-hydrogen) atoms. The van der Waals surface area contributed by atoms with Gasteiger partial charge in [0.1, 0.15) is 17.4 Å². The Morgan fingerprint density at radius 3 is 2.86 bits per heavy atom. The molecule has 0 aliphatic heterocycles. The Balaban J connectivity index is 2.25. The third-order valence-electron chi connectivity index (χ3n) is 3.59. The lowest BCUT2D eigenvalue weighted by atomic mass is 10.1. The summed E-state index contributed by atoms with van der Waals surface area (Å²) in [5.41, 5.74) is 3.26. The van der Waals surface area contributed by atoms with Gasteiger partial charge in [0.25, 0.3) is 0 Å². The van der Waals surface area contributed by atoms with Crippen molar-refractivity contribution in [3.05, 3.63) is 59.7 Å². The van der Waals surface area contributed by atoms with Crippen LogP contribution in [0.3, 0.4) is 0 Å². The number of nitrogens with zero attached hydrogens (tertiary/aromatic N) is 4. The molecule has 0 aliphatic rings. The van der Waals surface area contributed by atoms with Crippen LogP contribution in [0.25, 0.3) is 11.0 Å². The van der Waals surface area contributed by atoms with Crippen molar-refractivity contribution in [3.8, 4) is 6.07 Å². The summed E-state index contributed by atoms with van der Waals surface area (Å²) in [6.45, 7) is 2.08. The first kappa shape index (κ1) is 13.6. The van der Waals surface area contributed by atoms with Gasteiger partial charge < -0.3 is 4.57 Å². The lowest BCUT2D eigenvalue weighted by Crippen LogP contribution is -2.10. The molecule has 0 fully saturated rings. The predicted molar refractivity (Wildman–Crippen MR) is 82.1 cm³/mol. The Hall–Kier alpha value is -2.38. The van der Waals surface area contributed by atoms with Crippen LogP contribution in [0.15, 0.2) is 42.7 Å². The summed E-state index contributed by atoms with van der Waals surface area (Å²) >= 11 is 6.05. The first-order chi connectivity index (χ1) is 10.3. The van der Waals surface area contributed by atoms with Gasteiger partial charge in [-0.05, 0) is 30.7 Å². The Morgan fingerprint density at radius 1 is 1.33 bits per heavy atom. The minimum absolute atomic E-state index is 0.0476. The number of para-hydroxylation sites is 1. The van der Waals surface area contributed by atoms with Crippen LogP contribution in [0.5, 0.6) is 0 Å². The fourth-order valence-corrected chi connectivity index (χ4v) is 2.74. The van der Waals surface area contributed by atoms with Crippen molar-refractivity contribution in [3.63, 3.8) is 0 Å². The summed E-state index contributed by atoms with van der Waals surface area (Å²) < 4.78 is 2.07. The minimum Gasteiger partial charge on any atom is -0.320 e. The molecule has 2 heterocycles. The number of imidazole rings is 1. The number of hydrogen-bond acceptors (Lipinski definition) is 3. The maximum Gasteiger partial charge on any atom is 0.125 e. The molecule has 0 radical (unpaired) electrons. The zero-order chi connectivity index (χ0) is 14.8. The molecule has 4 nitrogen and oxygen atoms in total. The zero-order valence-corrected chi connectivity index (χ0v) is 12.2. The van der Waals surface area contributed by atoms with E-state index in [-0.39, 0.29) is 6.04 Å². The summed E-state index contributed by atoms with van der Waals surface area (Å²) in [7, 11) is 0. The van der Waals surface area contributed by atoms with Crippen molar-refractivity contribution < 1.29 is 0 Å². The molecule has 0 N–H and O–H groups in total. The van der Waals surface area contributed by atoms with Gasteiger partial charge in [0.2, 0.25) is 0 Å². The van der Waals surface area contributed by atoms with E-state index < -0.39 is 0 Å². The van der Waals surface area contributed by atoms with Gasteiger partial charge in [-0.25, -0.2) is 4.98 Å². The SMILES string of the molecule is CC(c1cccnc1)n1c(CCl)nc2c(C#N)cccc21. The van der Waals surface area contributed by atoms with Crippen molar-refractivity contribution in [2.75, 3.05) is 0 Å². The highest BCUT2D eigenvalue weighted by molar-refractivity contribution is 6.16. The molecule has 104 valence electrons. The van der Waals surface area contributed by atoms with E-state index in [4.69, 9.17) is 11.6 Å². The van der Waals surface area contributed by atoms with E-state index >= 15 is 0 Å². The average molecular weight is 297 g/mol. The molecule has 0 saturated heterocycles. The molecule has 0 aliphatic carbocycles. The molecular weight excluding hydrogens is 284 g/mol. The van der Waals surface area contributed by atoms with Gasteiger partial charge in [-0.15, -0.1) is 11.6 Å². The van der Waals surface area contributed by atoms with Gasteiger partial charge >= 0.3 is 0 Å². The Morgan fingerprint density at radius 2 is 2.19 bits per heavy atom. The molecule has 0 spiro atoms. The van der Waals surface area contributed by atoms with Gasteiger partial charge in [0.15, 0.2) is 0 Å². The number of halogens is 1. The molecule has 0 saturated carbocycles. The van der Waals surface area contributed by atoms with Crippen LogP contribution in [-0.4, -0.2) is 14.5 Å². The smallest absolute Gasteiger partial charge is 0.125 e. The third kappa shape index (κ3) is 2.26. The summed E-state index contributed by atoms with van der Waals surface area (Å²) in [6.07, 6.45) is 3.58. The zero-order valence-electron chi connectivity index (χ0n) is 11.5. The van der Waals surface area contributed by atoms with E-state index in [1.807, 2.05) is 30.5 Å². The van der Waals surface area contributed by atoms with Crippen LogP contribution in [0.4, 0.5) is 0 Å². The van der Waals surface area contributed by atoms with Crippen molar-refractivity contribution in [1.29, 1.82) is 5.26 Å². The van der Waals surface area contributed by atoms with E-state index in [1.54, 1.807) is 12.3 Å². The van der Waals surface area contributed by atoms with Crippen LogP contribution in [-0.2, 0) is 5.88 Å². The highest BCUT2D eigenvalue weighted by Crippen LogP contribution is 2.28.